The molecule has 0 bridgehead atoms. The first-order chi connectivity index (χ1) is 16.9. The summed E-state index contributed by atoms with van der Waals surface area (Å²) in [5.74, 6) is -0.568. The van der Waals surface area contributed by atoms with Gasteiger partial charge in [0.2, 0.25) is 0 Å². The van der Waals surface area contributed by atoms with Gasteiger partial charge >= 0.3 is 0 Å². The largest absolute Gasteiger partial charge is 0.389 e. The van der Waals surface area contributed by atoms with E-state index in [4.69, 9.17) is 4.74 Å². The van der Waals surface area contributed by atoms with Crippen molar-refractivity contribution < 1.29 is 24.1 Å². The number of carbonyl (C=O) groups excluding carboxylic acids is 1. The van der Waals surface area contributed by atoms with Crippen LogP contribution in [0, 0.1) is 5.82 Å². The molecule has 4 rings (SSSR count). The zero-order valence-corrected chi connectivity index (χ0v) is 19.7. The lowest BCUT2D eigenvalue weighted by atomic mass is 9.84. The molecule has 5 nitrogen and oxygen atoms in total. The molecule has 1 aliphatic heterocycles. The zero-order chi connectivity index (χ0) is 24.7. The lowest BCUT2D eigenvalue weighted by Crippen LogP contribution is -2.46. The van der Waals surface area contributed by atoms with Crippen LogP contribution in [-0.2, 0) is 16.8 Å². The monoisotopic (exact) mass is 477 g/mol. The van der Waals surface area contributed by atoms with Crippen molar-refractivity contribution in [2.24, 2.45) is 0 Å². The summed E-state index contributed by atoms with van der Waals surface area (Å²) in [6.45, 7) is 1.67. The van der Waals surface area contributed by atoms with Crippen molar-refractivity contribution in [3.63, 3.8) is 0 Å². The molecule has 6 heteroatoms. The van der Waals surface area contributed by atoms with Gasteiger partial charge in [0.1, 0.15) is 11.9 Å². The SMILES string of the molecule is O=C(c1ccccc1)C(Cc1cccc(F)c1)OCC(O)CN1CCC(O)(c2ccccc2)CC1. The number of aliphatic hydroxyl groups excluding tert-OH is 1. The molecular formula is C29H32FNO4. The van der Waals surface area contributed by atoms with Gasteiger partial charge in [0.25, 0.3) is 0 Å². The fourth-order valence-corrected chi connectivity index (χ4v) is 4.61. The molecule has 1 saturated heterocycles. The number of rotatable bonds is 10. The number of piperidine rings is 1. The van der Waals surface area contributed by atoms with Gasteiger partial charge < -0.3 is 19.8 Å². The van der Waals surface area contributed by atoms with E-state index in [0.717, 1.165) is 5.56 Å². The van der Waals surface area contributed by atoms with Crippen molar-refractivity contribution in [3.8, 4) is 0 Å². The van der Waals surface area contributed by atoms with E-state index in [1.165, 1.54) is 12.1 Å². The highest BCUT2D eigenvalue weighted by atomic mass is 19.1. The number of likely N-dealkylation sites (tertiary alicyclic amines) is 1. The second-order valence-corrected chi connectivity index (χ2v) is 9.24. The zero-order valence-electron chi connectivity index (χ0n) is 19.7. The Morgan fingerprint density at radius 3 is 2.29 bits per heavy atom. The smallest absolute Gasteiger partial charge is 0.191 e. The first kappa shape index (κ1) is 25.2. The Kier molecular flexibility index (Phi) is 8.42. The molecule has 3 aromatic carbocycles. The van der Waals surface area contributed by atoms with Crippen LogP contribution in [0.15, 0.2) is 84.9 Å². The molecule has 2 N–H and O–H groups in total. The number of hydrogen-bond donors (Lipinski definition) is 2. The average molecular weight is 478 g/mol. The first-order valence-corrected chi connectivity index (χ1v) is 12.1. The van der Waals surface area contributed by atoms with Crippen LogP contribution in [0.2, 0.25) is 0 Å². The fourth-order valence-electron chi connectivity index (χ4n) is 4.61. The van der Waals surface area contributed by atoms with E-state index in [1.807, 2.05) is 36.4 Å². The second-order valence-electron chi connectivity index (χ2n) is 9.24. The number of hydrogen-bond acceptors (Lipinski definition) is 5. The Balaban J connectivity index is 1.33. The predicted octanol–water partition coefficient (Wildman–Crippen LogP) is 3.98. The van der Waals surface area contributed by atoms with Crippen molar-refractivity contribution in [3.05, 3.63) is 107 Å². The van der Waals surface area contributed by atoms with Gasteiger partial charge in [0.05, 0.1) is 18.3 Å². The number of Topliss-reactive ketones (excluding diaryl/α,β-unsaturated/α-hetero) is 1. The Bertz CT molecular complexity index is 1080. The lowest BCUT2D eigenvalue weighted by Gasteiger charge is -2.39. The molecule has 3 aromatic rings. The van der Waals surface area contributed by atoms with E-state index in [9.17, 15) is 19.4 Å². The number of nitrogens with zero attached hydrogens (tertiary/aromatic N) is 1. The molecule has 184 valence electrons. The first-order valence-electron chi connectivity index (χ1n) is 12.1. The molecule has 2 unspecified atom stereocenters. The number of carbonyl (C=O) groups is 1. The molecule has 2 atom stereocenters. The molecule has 35 heavy (non-hydrogen) atoms. The molecular weight excluding hydrogens is 445 g/mol. The molecule has 1 fully saturated rings. The third-order valence-electron chi connectivity index (χ3n) is 6.61. The van der Waals surface area contributed by atoms with Gasteiger partial charge in [-0.3, -0.25) is 4.79 Å². The van der Waals surface area contributed by atoms with Crippen LogP contribution in [0.25, 0.3) is 0 Å². The third-order valence-corrected chi connectivity index (χ3v) is 6.61. The minimum Gasteiger partial charge on any atom is -0.389 e. The number of aliphatic hydroxyl groups is 2. The number of benzene rings is 3. The fraction of sp³-hybridized carbons (Fsp3) is 0.345. The summed E-state index contributed by atoms with van der Waals surface area (Å²) in [4.78, 5) is 15.2. The van der Waals surface area contributed by atoms with E-state index in [0.29, 0.717) is 43.6 Å². The van der Waals surface area contributed by atoms with Crippen molar-refractivity contribution in [2.75, 3.05) is 26.2 Å². The van der Waals surface area contributed by atoms with E-state index in [1.54, 1.807) is 36.4 Å². The summed E-state index contributed by atoms with van der Waals surface area (Å²) in [7, 11) is 0. The third kappa shape index (κ3) is 6.83. The molecule has 0 aliphatic carbocycles. The average Bonchev–Trinajstić information content (AvgIpc) is 2.89. The lowest BCUT2D eigenvalue weighted by molar-refractivity contribution is -0.0483. The van der Waals surface area contributed by atoms with E-state index in [-0.39, 0.29) is 24.6 Å². The predicted molar refractivity (Wildman–Crippen MR) is 133 cm³/mol. The molecule has 0 amide bonds. The maximum Gasteiger partial charge on any atom is 0.191 e. The molecule has 0 radical (unpaired) electrons. The Morgan fingerprint density at radius 2 is 1.63 bits per heavy atom. The summed E-state index contributed by atoms with van der Waals surface area (Å²) in [6, 6.07) is 24.7. The van der Waals surface area contributed by atoms with Crippen molar-refractivity contribution in [2.45, 2.75) is 37.1 Å². The van der Waals surface area contributed by atoms with Crippen LogP contribution >= 0.6 is 0 Å². The summed E-state index contributed by atoms with van der Waals surface area (Å²) >= 11 is 0. The van der Waals surface area contributed by atoms with Gasteiger partial charge in [-0.1, -0.05) is 72.8 Å². The van der Waals surface area contributed by atoms with E-state index in [2.05, 4.69) is 4.90 Å². The molecule has 0 aromatic heterocycles. The molecule has 0 spiro atoms. The molecule has 1 heterocycles. The maximum absolute atomic E-state index is 13.7. The number of ketones is 1. The van der Waals surface area contributed by atoms with Crippen LogP contribution in [0.4, 0.5) is 4.39 Å². The van der Waals surface area contributed by atoms with Gasteiger partial charge in [-0.2, -0.15) is 0 Å². The van der Waals surface area contributed by atoms with Crippen molar-refractivity contribution in [1.29, 1.82) is 0 Å². The van der Waals surface area contributed by atoms with Gasteiger partial charge in [0, 0.05) is 31.6 Å². The normalized spacial score (nSPS) is 17.6. The van der Waals surface area contributed by atoms with Gasteiger partial charge in [-0.05, 0) is 36.1 Å². The van der Waals surface area contributed by atoms with Crippen LogP contribution in [0.3, 0.4) is 0 Å². The summed E-state index contributed by atoms with van der Waals surface area (Å²) < 4.78 is 19.6. The summed E-state index contributed by atoms with van der Waals surface area (Å²) in [5, 5.41) is 21.7. The van der Waals surface area contributed by atoms with E-state index < -0.39 is 17.8 Å². The second kappa shape index (κ2) is 11.7. The van der Waals surface area contributed by atoms with Crippen molar-refractivity contribution >= 4 is 5.78 Å². The highest BCUT2D eigenvalue weighted by Gasteiger charge is 2.34. The van der Waals surface area contributed by atoms with Crippen molar-refractivity contribution in [1.82, 2.24) is 4.90 Å². The highest BCUT2D eigenvalue weighted by molar-refractivity contribution is 5.99. The molecule has 1 aliphatic rings. The Labute approximate surface area is 205 Å². The number of β-amino-alcohol motifs (C(OH)–C–C–N with tert-alkyl or cyclic N) is 1. The van der Waals surface area contributed by atoms with Gasteiger partial charge in [0.15, 0.2) is 5.78 Å². The standard InChI is InChI=1S/C29H32FNO4/c30-25-13-7-8-22(18-25)19-27(28(33)23-9-3-1-4-10-23)35-21-26(32)20-31-16-14-29(34,15-17-31)24-11-5-2-6-12-24/h1-13,18,26-27,32,34H,14-17,19-21H2. The number of halogens is 1. The van der Waals surface area contributed by atoms with Gasteiger partial charge in [-0.25, -0.2) is 4.39 Å². The van der Waals surface area contributed by atoms with Crippen LogP contribution in [-0.4, -0.2) is 59.3 Å². The van der Waals surface area contributed by atoms with Crippen LogP contribution in [0.1, 0.15) is 34.3 Å². The summed E-state index contributed by atoms with van der Waals surface area (Å²) in [6.07, 6.45) is -0.250. The molecule has 0 saturated carbocycles. The topological polar surface area (TPSA) is 70.0 Å². The minimum atomic E-state index is -0.850. The highest BCUT2D eigenvalue weighted by Crippen LogP contribution is 2.32. The van der Waals surface area contributed by atoms with Crippen LogP contribution in [0.5, 0.6) is 0 Å². The Hall–Kier alpha value is -2.90. The maximum atomic E-state index is 13.7. The van der Waals surface area contributed by atoms with Gasteiger partial charge in [-0.15, -0.1) is 0 Å². The van der Waals surface area contributed by atoms with Crippen LogP contribution < -0.4 is 0 Å². The summed E-state index contributed by atoms with van der Waals surface area (Å²) in [5.41, 5.74) is 1.24. The quantitative estimate of drug-likeness (QED) is 0.433. The van der Waals surface area contributed by atoms with E-state index >= 15 is 0 Å². The Morgan fingerprint density at radius 1 is 0.971 bits per heavy atom. The minimum absolute atomic E-state index is 0.0159. The number of ether oxygens (including phenoxy) is 1.